The predicted octanol–water partition coefficient (Wildman–Crippen LogP) is 2.89. The van der Waals surface area contributed by atoms with E-state index in [1.165, 1.54) is 36.4 Å². The molecule has 2 heterocycles. The van der Waals surface area contributed by atoms with Crippen LogP contribution in [0.4, 0.5) is 5.69 Å². The molecule has 8 nitrogen and oxygen atoms in total. The van der Waals surface area contributed by atoms with Gasteiger partial charge in [0.2, 0.25) is 0 Å². The van der Waals surface area contributed by atoms with Crippen LogP contribution in [0.3, 0.4) is 0 Å². The molecule has 0 saturated heterocycles. The van der Waals surface area contributed by atoms with Gasteiger partial charge < -0.3 is 0 Å². The molecule has 0 aliphatic carbocycles. The van der Waals surface area contributed by atoms with Gasteiger partial charge >= 0.3 is 0 Å². The lowest BCUT2D eigenvalue weighted by Gasteiger charge is -2.12. The van der Waals surface area contributed by atoms with Gasteiger partial charge in [0.05, 0.1) is 15.6 Å². The van der Waals surface area contributed by atoms with Gasteiger partial charge in [0.15, 0.2) is 0 Å². The number of carbonyl (C=O) groups is 1. The zero-order chi connectivity index (χ0) is 20.4. The number of para-hydroxylation sites is 1. The molecule has 3 N–H and O–H groups in total. The second-order valence-electron chi connectivity index (χ2n) is 5.20. The molecule has 2 aromatic heterocycles. The van der Waals surface area contributed by atoms with E-state index in [-0.39, 0.29) is 24.0 Å². The van der Waals surface area contributed by atoms with E-state index in [0.29, 0.717) is 0 Å². The number of rotatable bonds is 7. The number of sulfonamides is 2. The van der Waals surface area contributed by atoms with Gasteiger partial charge in [0.1, 0.15) is 8.42 Å². The van der Waals surface area contributed by atoms with Crippen molar-refractivity contribution >= 4 is 65.9 Å². The minimum absolute atomic E-state index is 0.00626. The first kappa shape index (κ1) is 20.8. The van der Waals surface area contributed by atoms with Crippen LogP contribution in [0, 0.1) is 0 Å². The second-order valence-corrected chi connectivity index (χ2v) is 11.7. The molecule has 3 rings (SSSR count). The van der Waals surface area contributed by atoms with Crippen LogP contribution in [0.25, 0.3) is 0 Å². The van der Waals surface area contributed by atoms with E-state index in [9.17, 15) is 21.6 Å². The van der Waals surface area contributed by atoms with Crippen LogP contribution in [0.1, 0.15) is 10.4 Å². The van der Waals surface area contributed by atoms with Crippen LogP contribution in [-0.4, -0.2) is 22.7 Å². The molecule has 1 amide bonds. The highest BCUT2D eigenvalue weighted by molar-refractivity contribution is 7.94. The van der Waals surface area contributed by atoms with Crippen LogP contribution in [-0.2, 0) is 20.0 Å². The minimum atomic E-state index is -4.01. The van der Waals surface area contributed by atoms with E-state index in [4.69, 9.17) is 11.6 Å². The molecule has 28 heavy (non-hydrogen) atoms. The number of amides is 1. The Morgan fingerprint density at radius 2 is 1.64 bits per heavy atom. The summed E-state index contributed by atoms with van der Waals surface area (Å²) in [5.74, 6) is -0.837. The van der Waals surface area contributed by atoms with Gasteiger partial charge in [-0.15, -0.1) is 27.5 Å². The quantitative estimate of drug-likeness (QED) is 0.452. The Morgan fingerprint density at radius 1 is 0.893 bits per heavy atom. The Hall–Kier alpha value is -1.96. The van der Waals surface area contributed by atoms with Crippen LogP contribution in [0.15, 0.2) is 62.3 Å². The number of halogens is 1. The zero-order valence-corrected chi connectivity index (χ0v) is 17.8. The summed E-state index contributed by atoms with van der Waals surface area (Å²) in [6.07, 6.45) is 0. The SMILES string of the molecule is O=C(NNS(=O)(=O)c1ccc(Cl)s1)c1ccccc1NS(=O)(=O)c1cccs1. The van der Waals surface area contributed by atoms with Crippen molar-refractivity contribution < 1.29 is 21.6 Å². The van der Waals surface area contributed by atoms with Gasteiger partial charge in [-0.2, -0.15) is 0 Å². The highest BCUT2D eigenvalue weighted by atomic mass is 35.5. The number of hydrogen-bond donors (Lipinski definition) is 3. The van der Waals surface area contributed by atoms with Gasteiger partial charge in [-0.3, -0.25) is 14.9 Å². The lowest BCUT2D eigenvalue weighted by Crippen LogP contribution is -2.41. The van der Waals surface area contributed by atoms with Crippen LogP contribution in [0.5, 0.6) is 0 Å². The fourth-order valence-corrected chi connectivity index (χ4v) is 6.45. The summed E-state index contributed by atoms with van der Waals surface area (Å²) in [6.45, 7) is 0. The van der Waals surface area contributed by atoms with Crippen molar-refractivity contribution in [2.45, 2.75) is 8.42 Å². The van der Waals surface area contributed by atoms with Crippen LogP contribution >= 0.6 is 34.3 Å². The number of hydrazine groups is 1. The lowest BCUT2D eigenvalue weighted by atomic mass is 10.2. The molecule has 148 valence electrons. The summed E-state index contributed by atoms with van der Waals surface area (Å²) in [5, 5.41) is 1.61. The molecule has 1 aromatic carbocycles. The van der Waals surface area contributed by atoms with E-state index >= 15 is 0 Å². The first-order chi connectivity index (χ1) is 13.2. The minimum Gasteiger partial charge on any atom is -0.278 e. The van der Waals surface area contributed by atoms with Gasteiger partial charge in [-0.25, -0.2) is 16.8 Å². The molecule has 0 spiro atoms. The number of nitrogens with one attached hydrogen (secondary N) is 3. The number of thiophene rings is 2. The van der Waals surface area contributed by atoms with Crippen molar-refractivity contribution in [3.63, 3.8) is 0 Å². The molecule has 3 aromatic rings. The Morgan fingerprint density at radius 3 is 2.29 bits per heavy atom. The lowest BCUT2D eigenvalue weighted by molar-refractivity contribution is 0.0946. The van der Waals surface area contributed by atoms with E-state index in [1.807, 2.05) is 4.83 Å². The molecule has 0 bridgehead atoms. The van der Waals surface area contributed by atoms with Crippen molar-refractivity contribution in [1.82, 2.24) is 10.3 Å². The van der Waals surface area contributed by atoms with Crippen molar-refractivity contribution in [3.05, 3.63) is 63.8 Å². The van der Waals surface area contributed by atoms with E-state index < -0.39 is 26.0 Å². The summed E-state index contributed by atoms with van der Waals surface area (Å²) < 4.78 is 51.7. The maximum atomic E-state index is 12.4. The zero-order valence-electron chi connectivity index (χ0n) is 13.7. The van der Waals surface area contributed by atoms with Crippen molar-refractivity contribution in [1.29, 1.82) is 0 Å². The summed E-state index contributed by atoms with van der Waals surface area (Å²) >= 11 is 7.57. The standard InChI is InChI=1S/C15H12ClN3O5S4/c16-12-7-8-14(26-12)28(23,24)19-17-15(20)10-4-1-2-5-11(10)18-27(21,22)13-6-3-9-25-13/h1-9,18-19H,(H,17,20). The Balaban J connectivity index is 1.78. The number of benzene rings is 1. The fourth-order valence-electron chi connectivity index (χ4n) is 2.05. The monoisotopic (exact) mass is 477 g/mol. The summed E-state index contributed by atoms with van der Waals surface area (Å²) in [6, 6.07) is 11.5. The van der Waals surface area contributed by atoms with Gasteiger partial charge in [0.25, 0.3) is 26.0 Å². The van der Waals surface area contributed by atoms with Crippen LogP contribution in [0.2, 0.25) is 4.34 Å². The van der Waals surface area contributed by atoms with Gasteiger partial charge in [-0.1, -0.05) is 29.8 Å². The summed E-state index contributed by atoms with van der Waals surface area (Å²) in [4.78, 5) is 14.4. The number of carbonyl (C=O) groups excluding carboxylic acids is 1. The Labute approximate surface area is 174 Å². The molecule has 0 aliphatic rings. The highest BCUT2D eigenvalue weighted by Crippen LogP contribution is 2.25. The van der Waals surface area contributed by atoms with Crippen molar-refractivity contribution in [3.8, 4) is 0 Å². The molecule has 0 radical (unpaired) electrons. The van der Waals surface area contributed by atoms with Gasteiger partial charge in [-0.05, 0) is 35.7 Å². The number of anilines is 1. The van der Waals surface area contributed by atoms with E-state index in [0.717, 1.165) is 22.7 Å². The normalized spacial score (nSPS) is 11.9. The maximum absolute atomic E-state index is 12.4. The van der Waals surface area contributed by atoms with Crippen molar-refractivity contribution in [2.75, 3.05) is 4.72 Å². The molecule has 0 aliphatic heterocycles. The molecular weight excluding hydrogens is 466 g/mol. The van der Waals surface area contributed by atoms with E-state index in [2.05, 4.69) is 10.1 Å². The predicted molar refractivity (Wildman–Crippen MR) is 109 cm³/mol. The molecule has 0 atom stereocenters. The molecular formula is C15H12ClN3O5S4. The molecule has 0 fully saturated rings. The summed E-state index contributed by atoms with van der Waals surface area (Å²) in [7, 11) is -7.88. The highest BCUT2D eigenvalue weighted by Gasteiger charge is 2.21. The fraction of sp³-hybridized carbons (Fsp3) is 0. The Kier molecular flexibility index (Phi) is 6.07. The van der Waals surface area contributed by atoms with E-state index in [1.54, 1.807) is 17.5 Å². The topological polar surface area (TPSA) is 121 Å². The molecule has 0 unspecified atom stereocenters. The average Bonchev–Trinajstić information content (AvgIpc) is 3.32. The second kappa shape index (κ2) is 8.19. The first-order valence-electron chi connectivity index (χ1n) is 7.42. The number of hydrogen-bond acceptors (Lipinski definition) is 7. The molecule has 0 saturated carbocycles. The van der Waals surface area contributed by atoms with Crippen LogP contribution < -0.4 is 15.0 Å². The smallest absolute Gasteiger partial charge is 0.271 e. The third kappa shape index (κ3) is 4.71. The first-order valence-corrected chi connectivity index (χ1v) is 12.5. The third-order valence-corrected chi connectivity index (χ3v) is 9.02. The Bertz CT molecular complexity index is 1200. The van der Waals surface area contributed by atoms with Crippen molar-refractivity contribution in [2.24, 2.45) is 0 Å². The maximum Gasteiger partial charge on any atom is 0.271 e. The average molecular weight is 478 g/mol. The molecule has 13 heteroatoms. The third-order valence-electron chi connectivity index (χ3n) is 3.29. The largest absolute Gasteiger partial charge is 0.278 e. The summed E-state index contributed by atoms with van der Waals surface area (Å²) in [5.41, 5.74) is 2.01. The van der Waals surface area contributed by atoms with Gasteiger partial charge in [0, 0.05) is 0 Å².